The van der Waals surface area contributed by atoms with Crippen molar-refractivity contribution < 1.29 is 13.6 Å². The Morgan fingerprint density at radius 1 is 1.15 bits per heavy atom. The van der Waals surface area contributed by atoms with Crippen molar-refractivity contribution in [3.63, 3.8) is 0 Å². The Kier molecular flexibility index (Phi) is 6.85. The molecule has 1 aliphatic heterocycles. The fourth-order valence-electron chi connectivity index (χ4n) is 5.01. The first-order valence-electron chi connectivity index (χ1n) is 12.4. The second-order valence-corrected chi connectivity index (χ2v) is 9.76. The molecule has 3 aromatic heterocycles. The number of aryl methyl sites for hydroxylation is 1. The maximum Gasteiger partial charge on any atom is 0.253 e. The minimum absolute atomic E-state index is 0.0165. The number of nitriles is 1. The molecule has 10 heteroatoms. The first-order chi connectivity index (χ1) is 18.7. The van der Waals surface area contributed by atoms with Crippen LogP contribution in [0.1, 0.15) is 33.7 Å². The highest BCUT2D eigenvalue weighted by Gasteiger charge is 2.23. The summed E-state index contributed by atoms with van der Waals surface area (Å²) in [5.41, 5.74) is 9.82. The summed E-state index contributed by atoms with van der Waals surface area (Å²) in [6.07, 6.45) is 4.00. The summed E-state index contributed by atoms with van der Waals surface area (Å²) in [7, 11) is 5.01. The Balaban J connectivity index is 1.40. The Morgan fingerprint density at radius 2 is 1.90 bits per heavy atom. The van der Waals surface area contributed by atoms with Crippen molar-refractivity contribution >= 4 is 28.3 Å². The first-order valence-corrected chi connectivity index (χ1v) is 12.4. The molecule has 0 unspecified atom stereocenters. The van der Waals surface area contributed by atoms with E-state index in [1.54, 1.807) is 18.3 Å². The molecule has 0 radical (unpaired) electrons. The molecule has 0 atom stereocenters. The number of benzene rings is 1. The molecule has 4 heterocycles. The summed E-state index contributed by atoms with van der Waals surface area (Å²) in [6.45, 7) is 1.71. The number of nitrogens with two attached hydrogens (primary N) is 1. The van der Waals surface area contributed by atoms with Crippen LogP contribution in [-0.2, 0) is 13.6 Å². The molecule has 0 aliphatic carbocycles. The number of aromatic nitrogens is 3. The summed E-state index contributed by atoms with van der Waals surface area (Å²) in [5, 5.41) is 10.5. The zero-order valence-electron chi connectivity index (χ0n) is 21.9. The number of pyridine rings is 2. The van der Waals surface area contributed by atoms with Crippen LogP contribution in [0.25, 0.3) is 27.7 Å². The molecule has 1 amide bonds. The average molecular weight is 528 g/mol. The molecule has 8 nitrogen and oxygen atoms in total. The zero-order chi connectivity index (χ0) is 27.8. The van der Waals surface area contributed by atoms with E-state index in [2.05, 4.69) is 20.9 Å². The highest BCUT2D eigenvalue weighted by atomic mass is 19.1. The molecule has 0 saturated carbocycles. The number of rotatable bonds is 5. The van der Waals surface area contributed by atoms with Gasteiger partial charge in [0.25, 0.3) is 5.91 Å². The molecule has 0 bridgehead atoms. The first kappa shape index (κ1) is 26.0. The van der Waals surface area contributed by atoms with Crippen LogP contribution in [0.5, 0.6) is 0 Å². The van der Waals surface area contributed by atoms with E-state index in [0.717, 1.165) is 34.4 Å². The monoisotopic (exact) mass is 527 g/mol. The van der Waals surface area contributed by atoms with Gasteiger partial charge in [-0.3, -0.25) is 9.69 Å². The molecule has 1 aromatic carbocycles. The molecule has 198 valence electrons. The SMILES string of the molecule is CN(C)C(=O)c1cc(F)c(C2=CCN(Cc3cc4c(-c5ccc(N)nc5C#N)ccnc4n3C)CC2)c(F)c1. The Bertz CT molecular complexity index is 1660. The van der Waals surface area contributed by atoms with Crippen molar-refractivity contribution in [2.24, 2.45) is 7.05 Å². The van der Waals surface area contributed by atoms with Gasteiger partial charge in [0.1, 0.15) is 29.2 Å². The molecule has 0 spiro atoms. The highest BCUT2D eigenvalue weighted by molar-refractivity contribution is 5.95. The maximum absolute atomic E-state index is 14.9. The van der Waals surface area contributed by atoms with E-state index in [1.165, 1.54) is 19.0 Å². The lowest BCUT2D eigenvalue weighted by molar-refractivity contribution is 0.0826. The van der Waals surface area contributed by atoms with Gasteiger partial charge in [0.05, 0.1) is 0 Å². The van der Waals surface area contributed by atoms with Gasteiger partial charge in [0, 0.05) is 74.7 Å². The standard InChI is InChI=1S/C29H27F2N7O/c1-36(2)29(39)18-12-23(30)27(24(31)13-18)17-7-10-38(11-8-17)16-19-14-22-20(6-9-34-28(22)37(19)3)21-4-5-26(33)35-25(21)15-32/h4-7,9,12-14H,8,10-11,16H2,1-3H3,(H2,33,35). The van der Waals surface area contributed by atoms with Gasteiger partial charge in [-0.25, -0.2) is 18.7 Å². The summed E-state index contributed by atoms with van der Waals surface area (Å²) in [4.78, 5) is 24.3. The third kappa shape index (κ3) is 4.84. The van der Waals surface area contributed by atoms with E-state index in [0.29, 0.717) is 37.2 Å². The lowest BCUT2D eigenvalue weighted by atomic mass is 9.96. The van der Waals surface area contributed by atoms with E-state index >= 15 is 0 Å². The van der Waals surface area contributed by atoms with Crippen LogP contribution in [0.4, 0.5) is 14.6 Å². The fraction of sp³-hybridized carbons (Fsp3) is 0.241. The number of hydrogen-bond acceptors (Lipinski definition) is 6. The lowest BCUT2D eigenvalue weighted by Crippen LogP contribution is -2.29. The molecule has 39 heavy (non-hydrogen) atoms. The third-order valence-corrected chi connectivity index (χ3v) is 7.04. The van der Waals surface area contributed by atoms with Crippen molar-refractivity contribution in [2.75, 3.05) is 32.9 Å². The number of nitrogens with zero attached hydrogens (tertiary/aromatic N) is 6. The predicted molar refractivity (Wildman–Crippen MR) is 145 cm³/mol. The van der Waals surface area contributed by atoms with Gasteiger partial charge in [-0.2, -0.15) is 5.26 Å². The average Bonchev–Trinajstić information content (AvgIpc) is 3.23. The van der Waals surface area contributed by atoms with Crippen LogP contribution < -0.4 is 5.73 Å². The van der Waals surface area contributed by atoms with E-state index in [4.69, 9.17) is 5.73 Å². The third-order valence-electron chi connectivity index (χ3n) is 7.04. The van der Waals surface area contributed by atoms with Gasteiger partial charge in [-0.05, 0) is 54.0 Å². The van der Waals surface area contributed by atoms with Crippen LogP contribution in [0.2, 0.25) is 0 Å². The zero-order valence-corrected chi connectivity index (χ0v) is 21.9. The van der Waals surface area contributed by atoms with E-state index < -0.39 is 17.5 Å². The number of carbonyl (C=O) groups excluding carboxylic acids is 1. The van der Waals surface area contributed by atoms with Crippen molar-refractivity contribution in [3.8, 4) is 17.2 Å². The molecule has 0 fully saturated rings. The lowest BCUT2D eigenvalue weighted by Gasteiger charge is -2.27. The normalized spacial score (nSPS) is 13.8. The van der Waals surface area contributed by atoms with Gasteiger partial charge in [-0.1, -0.05) is 6.08 Å². The smallest absolute Gasteiger partial charge is 0.253 e. The van der Waals surface area contributed by atoms with Crippen molar-refractivity contribution in [2.45, 2.75) is 13.0 Å². The number of anilines is 1. The van der Waals surface area contributed by atoms with Gasteiger partial charge in [-0.15, -0.1) is 0 Å². The number of carbonyl (C=O) groups is 1. The molecule has 2 N–H and O–H groups in total. The molecule has 5 rings (SSSR count). The summed E-state index contributed by atoms with van der Waals surface area (Å²) in [6, 6.07) is 11.7. The van der Waals surface area contributed by atoms with E-state index in [9.17, 15) is 18.8 Å². The van der Waals surface area contributed by atoms with Crippen molar-refractivity contribution in [1.29, 1.82) is 5.26 Å². The van der Waals surface area contributed by atoms with Crippen LogP contribution in [0.3, 0.4) is 0 Å². The van der Waals surface area contributed by atoms with Gasteiger partial charge >= 0.3 is 0 Å². The van der Waals surface area contributed by atoms with Gasteiger partial charge in [0.2, 0.25) is 0 Å². The predicted octanol–water partition coefficient (Wildman–Crippen LogP) is 4.36. The highest BCUT2D eigenvalue weighted by Crippen LogP contribution is 2.33. The second kappa shape index (κ2) is 10.3. The number of nitrogen functional groups attached to an aromatic ring is 1. The fourth-order valence-corrected chi connectivity index (χ4v) is 5.01. The number of fused-ring (bicyclic) bond motifs is 1. The number of amides is 1. The van der Waals surface area contributed by atoms with Crippen LogP contribution >= 0.6 is 0 Å². The Morgan fingerprint density at radius 3 is 2.54 bits per heavy atom. The minimum Gasteiger partial charge on any atom is -0.384 e. The quantitative estimate of drug-likeness (QED) is 0.414. The summed E-state index contributed by atoms with van der Waals surface area (Å²) in [5.74, 6) is -1.64. The molecular weight excluding hydrogens is 500 g/mol. The van der Waals surface area contributed by atoms with Gasteiger partial charge < -0.3 is 15.2 Å². The Labute approximate surface area is 224 Å². The largest absolute Gasteiger partial charge is 0.384 e. The van der Waals surface area contributed by atoms with Crippen LogP contribution in [0, 0.1) is 23.0 Å². The van der Waals surface area contributed by atoms with Crippen molar-refractivity contribution in [1.82, 2.24) is 24.3 Å². The summed E-state index contributed by atoms with van der Waals surface area (Å²) >= 11 is 0. The second-order valence-electron chi connectivity index (χ2n) is 9.76. The van der Waals surface area contributed by atoms with E-state index in [1.807, 2.05) is 29.8 Å². The maximum atomic E-state index is 14.9. The molecule has 1 aliphatic rings. The molecular formula is C29H27F2N7O. The Hall–Kier alpha value is -4.62. The molecule has 0 saturated heterocycles. The number of halogens is 2. The van der Waals surface area contributed by atoms with Crippen molar-refractivity contribution in [3.05, 3.63) is 82.8 Å². The van der Waals surface area contributed by atoms with E-state index in [-0.39, 0.29) is 22.6 Å². The summed E-state index contributed by atoms with van der Waals surface area (Å²) < 4.78 is 31.8. The van der Waals surface area contributed by atoms with Crippen LogP contribution in [0.15, 0.2) is 48.7 Å². The number of hydrogen-bond donors (Lipinski definition) is 1. The van der Waals surface area contributed by atoms with Crippen LogP contribution in [-0.4, -0.2) is 57.4 Å². The minimum atomic E-state index is -0.735. The topological polar surface area (TPSA) is 104 Å². The van der Waals surface area contributed by atoms with Gasteiger partial charge in [0.15, 0.2) is 5.69 Å². The molecule has 4 aromatic rings.